The molecule has 0 aliphatic heterocycles. The van der Waals surface area contributed by atoms with E-state index in [0.717, 1.165) is 28.0 Å². The molecule has 0 bridgehead atoms. The number of aromatic nitrogens is 2. The molecule has 0 unspecified atom stereocenters. The van der Waals surface area contributed by atoms with Crippen molar-refractivity contribution in [1.82, 2.24) is 15.1 Å². The zero-order chi connectivity index (χ0) is 19.9. The van der Waals surface area contributed by atoms with Gasteiger partial charge in [-0.3, -0.25) is 9.48 Å². The highest BCUT2D eigenvalue weighted by Crippen LogP contribution is 2.27. The first-order valence-electron chi connectivity index (χ1n) is 9.57. The SMILES string of the molecule is Cc1ccc(C(C)C)c(OCC(=O)NCc2ccccc2Cn2cccn2)c1. The van der Waals surface area contributed by atoms with Crippen LogP contribution in [0.3, 0.4) is 0 Å². The maximum Gasteiger partial charge on any atom is 0.258 e. The summed E-state index contributed by atoms with van der Waals surface area (Å²) in [6.07, 6.45) is 3.69. The van der Waals surface area contributed by atoms with Gasteiger partial charge < -0.3 is 10.1 Å². The van der Waals surface area contributed by atoms with E-state index >= 15 is 0 Å². The molecule has 0 fully saturated rings. The molecule has 0 radical (unpaired) electrons. The van der Waals surface area contributed by atoms with E-state index in [4.69, 9.17) is 4.74 Å². The normalized spacial score (nSPS) is 10.9. The van der Waals surface area contributed by atoms with E-state index in [1.165, 1.54) is 0 Å². The summed E-state index contributed by atoms with van der Waals surface area (Å²) in [4.78, 5) is 12.3. The Balaban J connectivity index is 1.58. The lowest BCUT2D eigenvalue weighted by Crippen LogP contribution is -2.29. The van der Waals surface area contributed by atoms with Crippen molar-refractivity contribution in [2.24, 2.45) is 0 Å². The fourth-order valence-electron chi connectivity index (χ4n) is 3.08. The van der Waals surface area contributed by atoms with Gasteiger partial charge in [-0.25, -0.2) is 0 Å². The smallest absolute Gasteiger partial charge is 0.258 e. The Hall–Kier alpha value is -3.08. The van der Waals surface area contributed by atoms with Gasteiger partial charge in [-0.2, -0.15) is 5.10 Å². The standard InChI is InChI=1S/C23H27N3O2/c1-17(2)21-10-9-18(3)13-22(21)28-16-23(27)24-14-19-7-4-5-8-20(19)15-26-12-6-11-25-26/h4-13,17H,14-16H2,1-3H3,(H,24,27). The van der Waals surface area contributed by atoms with Gasteiger partial charge in [0.25, 0.3) is 5.91 Å². The van der Waals surface area contributed by atoms with E-state index in [1.54, 1.807) is 6.20 Å². The molecule has 0 aliphatic carbocycles. The maximum atomic E-state index is 12.3. The van der Waals surface area contributed by atoms with Crippen LogP contribution in [0.5, 0.6) is 5.75 Å². The minimum Gasteiger partial charge on any atom is -0.483 e. The van der Waals surface area contributed by atoms with Crippen LogP contribution in [-0.4, -0.2) is 22.3 Å². The summed E-state index contributed by atoms with van der Waals surface area (Å²) in [5.74, 6) is 0.988. The minimum absolute atomic E-state index is 0.00446. The summed E-state index contributed by atoms with van der Waals surface area (Å²) >= 11 is 0. The molecule has 0 aliphatic rings. The van der Waals surface area contributed by atoms with Crippen LogP contribution in [0.2, 0.25) is 0 Å². The van der Waals surface area contributed by atoms with Gasteiger partial charge in [0.05, 0.1) is 6.54 Å². The third-order valence-electron chi connectivity index (χ3n) is 4.64. The fourth-order valence-corrected chi connectivity index (χ4v) is 3.08. The third-order valence-corrected chi connectivity index (χ3v) is 4.64. The van der Waals surface area contributed by atoms with Gasteiger partial charge in [-0.05, 0) is 47.2 Å². The Morgan fingerprint density at radius 1 is 1.14 bits per heavy atom. The molecule has 0 atom stereocenters. The molecule has 5 heteroatoms. The van der Waals surface area contributed by atoms with Gasteiger partial charge >= 0.3 is 0 Å². The van der Waals surface area contributed by atoms with Crippen molar-refractivity contribution < 1.29 is 9.53 Å². The third kappa shape index (κ3) is 5.22. The second kappa shape index (κ2) is 9.22. The number of ether oxygens (including phenoxy) is 1. The van der Waals surface area contributed by atoms with E-state index < -0.39 is 0 Å². The Morgan fingerprint density at radius 3 is 2.64 bits per heavy atom. The number of nitrogens with zero attached hydrogens (tertiary/aromatic N) is 2. The Kier molecular flexibility index (Phi) is 6.48. The lowest BCUT2D eigenvalue weighted by molar-refractivity contribution is -0.123. The zero-order valence-corrected chi connectivity index (χ0v) is 16.7. The molecule has 1 heterocycles. The van der Waals surface area contributed by atoms with Crippen molar-refractivity contribution in [2.45, 2.75) is 39.8 Å². The summed E-state index contributed by atoms with van der Waals surface area (Å²) < 4.78 is 7.69. The van der Waals surface area contributed by atoms with Crippen molar-refractivity contribution in [2.75, 3.05) is 6.61 Å². The van der Waals surface area contributed by atoms with Crippen molar-refractivity contribution >= 4 is 5.91 Å². The summed E-state index contributed by atoms with van der Waals surface area (Å²) in [5, 5.41) is 7.21. The Labute approximate surface area is 166 Å². The number of carbonyl (C=O) groups is 1. The number of aryl methyl sites for hydroxylation is 1. The van der Waals surface area contributed by atoms with Crippen molar-refractivity contribution in [1.29, 1.82) is 0 Å². The fraction of sp³-hybridized carbons (Fsp3) is 0.304. The first-order valence-corrected chi connectivity index (χ1v) is 9.57. The lowest BCUT2D eigenvalue weighted by atomic mass is 10.0. The highest BCUT2D eigenvalue weighted by molar-refractivity contribution is 5.77. The van der Waals surface area contributed by atoms with Crippen LogP contribution in [0.1, 0.15) is 42.0 Å². The quantitative estimate of drug-likeness (QED) is 0.644. The number of benzene rings is 2. The molecule has 3 aromatic rings. The first kappa shape index (κ1) is 19.7. The molecular formula is C23H27N3O2. The van der Waals surface area contributed by atoms with Crippen molar-refractivity contribution in [3.63, 3.8) is 0 Å². The molecule has 1 aromatic heterocycles. The van der Waals surface area contributed by atoms with Crippen LogP contribution >= 0.6 is 0 Å². The molecule has 2 aromatic carbocycles. The molecule has 0 saturated carbocycles. The molecule has 0 spiro atoms. The maximum absolute atomic E-state index is 12.3. The zero-order valence-electron chi connectivity index (χ0n) is 16.7. The van der Waals surface area contributed by atoms with E-state index in [1.807, 2.05) is 48.1 Å². The average Bonchev–Trinajstić information content (AvgIpc) is 3.18. The van der Waals surface area contributed by atoms with Crippen molar-refractivity contribution in [3.05, 3.63) is 83.2 Å². The summed E-state index contributed by atoms with van der Waals surface area (Å²) in [6.45, 7) is 7.40. The number of nitrogens with one attached hydrogen (secondary N) is 1. The second-order valence-electron chi connectivity index (χ2n) is 7.23. The molecule has 28 heavy (non-hydrogen) atoms. The van der Waals surface area contributed by atoms with Crippen LogP contribution in [0.4, 0.5) is 0 Å². The predicted molar refractivity (Wildman–Crippen MR) is 110 cm³/mol. The minimum atomic E-state index is -0.134. The van der Waals surface area contributed by atoms with E-state index in [2.05, 4.69) is 42.5 Å². The van der Waals surface area contributed by atoms with Crippen LogP contribution < -0.4 is 10.1 Å². The Morgan fingerprint density at radius 2 is 1.93 bits per heavy atom. The van der Waals surface area contributed by atoms with Gasteiger partial charge in [-0.15, -0.1) is 0 Å². The van der Waals surface area contributed by atoms with Crippen molar-refractivity contribution in [3.8, 4) is 5.75 Å². The average molecular weight is 377 g/mol. The molecular weight excluding hydrogens is 350 g/mol. The van der Waals surface area contributed by atoms with E-state index in [9.17, 15) is 4.79 Å². The summed E-state index contributed by atoms with van der Waals surface area (Å²) in [5.41, 5.74) is 4.44. The van der Waals surface area contributed by atoms with Crippen LogP contribution in [-0.2, 0) is 17.9 Å². The number of hydrogen-bond acceptors (Lipinski definition) is 3. The van der Waals surface area contributed by atoms with Gasteiger partial charge in [0.2, 0.25) is 0 Å². The molecule has 1 N–H and O–H groups in total. The second-order valence-corrected chi connectivity index (χ2v) is 7.23. The van der Waals surface area contributed by atoms with Gasteiger partial charge in [0, 0.05) is 18.9 Å². The van der Waals surface area contributed by atoms with Gasteiger partial charge in [0.1, 0.15) is 5.75 Å². The number of rotatable bonds is 8. The molecule has 1 amide bonds. The van der Waals surface area contributed by atoms with Crippen LogP contribution in [0.25, 0.3) is 0 Å². The van der Waals surface area contributed by atoms with Gasteiger partial charge in [0.15, 0.2) is 6.61 Å². The number of amides is 1. The van der Waals surface area contributed by atoms with Crippen LogP contribution in [0.15, 0.2) is 60.9 Å². The largest absolute Gasteiger partial charge is 0.483 e. The monoisotopic (exact) mass is 377 g/mol. The number of carbonyl (C=O) groups excluding carboxylic acids is 1. The molecule has 146 valence electrons. The van der Waals surface area contributed by atoms with Crippen LogP contribution in [0, 0.1) is 6.92 Å². The molecule has 3 rings (SSSR count). The summed E-state index contributed by atoms with van der Waals surface area (Å²) in [6, 6.07) is 16.1. The van der Waals surface area contributed by atoms with E-state index in [-0.39, 0.29) is 12.5 Å². The molecule has 5 nitrogen and oxygen atoms in total. The topological polar surface area (TPSA) is 56.1 Å². The van der Waals surface area contributed by atoms with Gasteiger partial charge in [-0.1, -0.05) is 50.2 Å². The summed E-state index contributed by atoms with van der Waals surface area (Å²) in [7, 11) is 0. The first-order chi connectivity index (χ1) is 13.5. The Bertz CT molecular complexity index is 917. The lowest BCUT2D eigenvalue weighted by Gasteiger charge is -2.15. The highest BCUT2D eigenvalue weighted by Gasteiger charge is 2.11. The highest BCUT2D eigenvalue weighted by atomic mass is 16.5. The van der Waals surface area contributed by atoms with E-state index in [0.29, 0.717) is 19.0 Å². The predicted octanol–water partition coefficient (Wildman–Crippen LogP) is 4.06. The number of hydrogen-bond donors (Lipinski definition) is 1. The molecule has 0 saturated heterocycles.